The largest absolute Gasteiger partial charge is 0.322 e. The molecule has 6 heteroatoms. The monoisotopic (exact) mass is 438 g/mol. The average molecular weight is 439 g/mol. The molecule has 0 radical (unpaired) electrons. The normalized spacial score (nSPS) is 12.8. The first-order valence-electron chi connectivity index (χ1n) is 8.29. The lowest BCUT2D eigenvalue weighted by Gasteiger charge is -2.18. The predicted octanol–water partition coefficient (Wildman–Crippen LogP) is 5.44. The van der Waals surface area contributed by atoms with Crippen LogP contribution in [0.5, 0.6) is 0 Å². The van der Waals surface area contributed by atoms with Gasteiger partial charge in [-0.2, -0.15) is 0 Å². The van der Waals surface area contributed by atoms with Crippen LogP contribution in [-0.4, -0.2) is 18.9 Å². The second kappa shape index (κ2) is 7.21. The van der Waals surface area contributed by atoms with Gasteiger partial charge in [0.15, 0.2) is 0 Å². The van der Waals surface area contributed by atoms with E-state index >= 15 is 0 Å². The minimum Gasteiger partial charge on any atom is -0.322 e. The molecule has 0 aromatic heterocycles. The summed E-state index contributed by atoms with van der Waals surface area (Å²) in [6, 6.07) is 20.3. The number of rotatable bonds is 2. The van der Waals surface area contributed by atoms with Gasteiger partial charge in [-0.05, 0) is 54.6 Å². The van der Waals surface area contributed by atoms with Crippen LogP contribution < -0.4 is 10.2 Å². The molecule has 1 heterocycles. The summed E-state index contributed by atoms with van der Waals surface area (Å²) in [6.07, 6.45) is 0. The number of carbonyl (C=O) groups is 2. The highest BCUT2D eigenvalue weighted by molar-refractivity contribution is 9.10. The van der Waals surface area contributed by atoms with E-state index in [9.17, 15) is 9.59 Å². The molecule has 3 aromatic carbocycles. The Bertz CT molecular complexity index is 1050. The molecule has 1 aliphatic rings. The Morgan fingerprint density at radius 2 is 1.74 bits per heavy atom. The Hall–Kier alpha value is -2.57. The van der Waals surface area contributed by atoms with Crippen LogP contribution >= 0.6 is 27.7 Å². The molecule has 0 bridgehead atoms. The van der Waals surface area contributed by atoms with Gasteiger partial charge in [-0.15, -0.1) is 0 Å². The van der Waals surface area contributed by atoms with Crippen LogP contribution in [0.25, 0.3) is 0 Å². The van der Waals surface area contributed by atoms with E-state index in [1.165, 1.54) is 11.8 Å². The molecule has 0 saturated carbocycles. The highest BCUT2D eigenvalue weighted by Gasteiger charge is 2.24. The van der Waals surface area contributed by atoms with Crippen LogP contribution in [-0.2, 0) is 0 Å². The van der Waals surface area contributed by atoms with Crippen LogP contribution in [0.3, 0.4) is 0 Å². The summed E-state index contributed by atoms with van der Waals surface area (Å²) in [5.74, 6) is -0.214. The molecule has 27 heavy (non-hydrogen) atoms. The third kappa shape index (κ3) is 3.50. The minimum atomic E-state index is -0.175. The molecule has 2 amide bonds. The van der Waals surface area contributed by atoms with Crippen molar-refractivity contribution in [3.63, 3.8) is 0 Å². The van der Waals surface area contributed by atoms with E-state index in [4.69, 9.17) is 0 Å². The zero-order chi connectivity index (χ0) is 19.0. The van der Waals surface area contributed by atoms with E-state index in [0.29, 0.717) is 16.8 Å². The average Bonchev–Trinajstić information content (AvgIpc) is 2.77. The van der Waals surface area contributed by atoms with Gasteiger partial charge in [-0.3, -0.25) is 9.59 Å². The number of nitrogens with one attached hydrogen (secondary N) is 1. The maximum absolute atomic E-state index is 12.7. The number of hydrogen-bond acceptors (Lipinski definition) is 3. The van der Waals surface area contributed by atoms with Gasteiger partial charge in [0, 0.05) is 32.6 Å². The van der Waals surface area contributed by atoms with Crippen LogP contribution in [0.1, 0.15) is 20.7 Å². The third-order valence-corrected chi connectivity index (χ3v) is 5.98. The number of benzene rings is 3. The van der Waals surface area contributed by atoms with Crippen molar-refractivity contribution in [2.24, 2.45) is 0 Å². The molecule has 4 rings (SSSR count). The van der Waals surface area contributed by atoms with Gasteiger partial charge in [-0.1, -0.05) is 39.8 Å². The summed E-state index contributed by atoms with van der Waals surface area (Å²) in [6.45, 7) is 0. The van der Waals surface area contributed by atoms with Gasteiger partial charge in [0.1, 0.15) is 0 Å². The zero-order valence-electron chi connectivity index (χ0n) is 14.4. The van der Waals surface area contributed by atoms with E-state index in [-0.39, 0.29) is 11.8 Å². The second-order valence-corrected chi connectivity index (χ2v) is 8.11. The zero-order valence-corrected chi connectivity index (χ0v) is 16.8. The maximum atomic E-state index is 12.7. The minimum absolute atomic E-state index is 0.0384. The third-order valence-electron chi connectivity index (χ3n) is 4.33. The Morgan fingerprint density at radius 3 is 2.52 bits per heavy atom. The molecule has 0 unspecified atom stereocenters. The summed E-state index contributed by atoms with van der Waals surface area (Å²) in [5.41, 5.74) is 2.78. The maximum Gasteiger partial charge on any atom is 0.259 e. The number of amides is 2. The van der Waals surface area contributed by atoms with Crippen LogP contribution in [0.4, 0.5) is 11.4 Å². The van der Waals surface area contributed by atoms with Gasteiger partial charge in [-0.25, -0.2) is 0 Å². The van der Waals surface area contributed by atoms with Crippen LogP contribution in [0, 0.1) is 0 Å². The number of fused-ring (bicyclic) bond motifs is 2. The molecule has 0 spiro atoms. The molecule has 0 fully saturated rings. The Balaban J connectivity index is 1.66. The van der Waals surface area contributed by atoms with Gasteiger partial charge in [0.05, 0.1) is 11.3 Å². The predicted molar refractivity (Wildman–Crippen MR) is 112 cm³/mol. The summed E-state index contributed by atoms with van der Waals surface area (Å²) in [4.78, 5) is 28.7. The van der Waals surface area contributed by atoms with Gasteiger partial charge in [0.2, 0.25) is 0 Å². The molecule has 1 aliphatic heterocycles. The summed E-state index contributed by atoms with van der Waals surface area (Å²) >= 11 is 4.90. The van der Waals surface area contributed by atoms with Gasteiger partial charge >= 0.3 is 0 Å². The van der Waals surface area contributed by atoms with Crippen molar-refractivity contribution in [1.82, 2.24) is 0 Å². The summed E-state index contributed by atoms with van der Waals surface area (Å²) < 4.78 is 0.923. The number of nitrogens with zero attached hydrogens (tertiary/aromatic N) is 1. The number of halogens is 1. The fourth-order valence-electron chi connectivity index (χ4n) is 2.90. The lowest BCUT2D eigenvalue weighted by molar-refractivity contribution is 0.0988. The molecule has 1 N–H and O–H groups in total. The standard InChI is InChI=1S/C21H15BrN2O2S/c1-24-17-11-10-15(23-20(25)13-6-8-14(22)9-7-13)12-19(17)27-18-5-3-2-4-16(18)21(24)26/h2-12H,1H3,(H,23,25). The lowest BCUT2D eigenvalue weighted by Crippen LogP contribution is -2.26. The smallest absolute Gasteiger partial charge is 0.259 e. The van der Waals surface area contributed by atoms with E-state index in [1.807, 2.05) is 54.6 Å². The topological polar surface area (TPSA) is 49.4 Å². The summed E-state index contributed by atoms with van der Waals surface area (Å²) in [5, 5.41) is 2.93. The van der Waals surface area contributed by atoms with Crippen molar-refractivity contribution in [3.05, 3.63) is 82.3 Å². The fraction of sp³-hybridized carbons (Fsp3) is 0.0476. The number of anilines is 2. The number of hydrogen-bond donors (Lipinski definition) is 1. The molecular weight excluding hydrogens is 424 g/mol. The van der Waals surface area contributed by atoms with Crippen LogP contribution in [0.2, 0.25) is 0 Å². The lowest BCUT2D eigenvalue weighted by atomic mass is 10.2. The van der Waals surface area contributed by atoms with E-state index < -0.39 is 0 Å². The molecule has 0 aliphatic carbocycles. The first kappa shape index (κ1) is 17.8. The number of carbonyl (C=O) groups excluding carboxylic acids is 2. The molecule has 0 saturated heterocycles. The summed E-state index contributed by atoms with van der Waals surface area (Å²) in [7, 11) is 1.77. The molecule has 134 valence electrons. The van der Waals surface area contributed by atoms with Crippen molar-refractivity contribution in [2.45, 2.75) is 9.79 Å². The van der Waals surface area contributed by atoms with Crippen molar-refractivity contribution in [1.29, 1.82) is 0 Å². The second-order valence-electron chi connectivity index (χ2n) is 6.11. The highest BCUT2D eigenvalue weighted by Crippen LogP contribution is 2.42. The van der Waals surface area contributed by atoms with Gasteiger partial charge in [0.25, 0.3) is 11.8 Å². The van der Waals surface area contributed by atoms with E-state index in [1.54, 1.807) is 24.1 Å². The Labute approximate surface area is 169 Å². The quantitative estimate of drug-likeness (QED) is 0.579. The van der Waals surface area contributed by atoms with Gasteiger partial charge < -0.3 is 10.2 Å². The SMILES string of the molecule is CN1C(=O)c2ccccc2Sc2cc(NC(=O)c3ccc(Br)cc3)ccc21. The van der Waals surface area contributed by atoms with Crippen LogP contribution in [0.15, 0.2) is 81.0 Å². The first-order valence-corrected chi connectivity index (χ1v) is 9.90. The molecule has 4 nitrogen and oxygen atoms in total. The fourth-order valence-corrected chi connectivity index (χ4v) is 4.30. The Morgan fingerprint density at radius 1 is 1.00 bits per heavy atom. The van der Waals surface area contributed by atoms with Crippen molar-refractivity contribution < 1.29 is 9.59 Å². The van der Waals surface area contributed by atoms with E-state index in [2.05, 4.69) is 21.2 Å². The molecular formula is C21H15BrN2O2S. The van der Waals surface area contributed by atoms with Crippen molar-refractivity contribution in [2.75, 3.05) is 17.3 Å². The Kier molecular flexibility index (Phi) is 4.76. The molecule has 0 atom stereocenters. The first-order chi connectivity index (χ1) is 13.0. The molecule has 3 aromatic rings. The van der Waals surface area contributed by atoms with Crippen molar-refractivity contribution in [3.8, 4) is 0 Å². The van der Waals surface area contributed by atoms with E-state index in [0.717, 1.165) is 20.0 Å². The highest BCUT2D eigenvalue weighted by atomic mass is 79.9. The van der Waals surface area contributed by atoms with Crippen molar-refractivity contribution >= 4 is 50.9 Å².